The van der Waals surface area contributed by atoms with E-state index < -0.39 is 6.23 Å². The minimum Gasteiger partial charge on any atom is -0.472 e. The van der Waals surface area contributed by atoms with E-state index in [4.69, 9.17) is 10.5 Å². The summed E-state index contributed by atoms with van der Waals surface area (Å²) in [6.45, 7) is 1.34. The lowest BCUT2D eigenvalue weighted by molar-refractivity contribution is 0.254. The Morgan fingerprint density at radius 2 is 1.63 bits per heavy atom. The minimum atomic E-state index is -0.771. The Labute approximate surface area is 112 Å². The van der Waals surface area contributed by atoms with Gasteiger partial charge in [-0.2, -0.15) is 0 Å². The first-order valence-corrected chi connectivity index (χ1v) is 6.07. The zero-order valence-electron chi connectivity index (χ0n) is 10.7. The number of benzene rings is 2. The van der Waals surface area contributed by atoms with E-state index in [0.29, 0.717) is 5.75 Å². The molecular weight excluding hydrogens is 241 g/mol. The fourth-order valence-electron chi connectivity index (χ4n) is 1.77. The van der Waals surface area contributed by atoms with Gasteiger partial charge in [0.1, 0.15) is 5.75 Å². The number of nitrogens with two attached hydrogens (primary N) is 1. The number of halogens is 1. The van der Waals surface area contributed by atoms with Crippen LogP contribution in [0.2, 0.25) is 0 Å². The molecule has 0 amide bonds. The Hall–Kier alpha value is -2.13. The molecule has 2 N–H and O–H groups in total. The molecule has 0 aliphatic rings. The number of hydrogen-bond donors (Lipinski definition) is 1. The second kappa shape index (κ2) is 6.16. The topological polar surface area (TPSA) is 35.2 Å². The second-order valence-corrected chi connectivity index (χ2v) is 4.23. The number of rotatable bonds is 4. The lowest BCUT2D eigenvalue weighted by Gasteiger charge is -2.11. The molecule has 19 heavy (non-hydrogen) atoms. The summed E-state index contributed by atoms with van der Waals surface area (Å²) in [4.78, 5) is 0. The highest BCUT2D eigenvalue weighted by Crippen LogP contribution is 2.22. The van der Waals surface area contributed by atoms with Gasteiger partial charge in [-0.05, 0) is 30.2 Å². The fraction of sp³-hybridized carbons (Fsp3) is 0.125. The largest absolute Gasteiger partial charge is 0.472 e. The van der Waals surface area contributed by atoms with Gasteiger partial charge in [0.2, 0.25) is 0 Å². The van der Waals surface area contributed by atoms with Crippen molar-refractivity contribution in [2.75, 3.05) is 0 Å². The first kappa shape index (κ1) is 13.3. The van der Waals surface area contributed by atoms with Crippen LogP contribution in [0.5, 0.6) is 5.75 Å². The van der Waals surface area contributed by atoms with Gasteiger partial charge in [-0.15, -0.1) is 0 Å². The zero-order chi connectivity index (χ0) is 13.7. The number of ether oxygens (including phenoxy) is 1. The molecule has 2 nitrogen and oxygen atoms in total. The first-order valence-electron chi connectivity index (χ1n) is 6.07. The summed E-state index contributed by atoms with van der Waals surface area (Å²) < 4.78 is 18.0. The number of hydrogen-bond acceptors (Lipinski definition) is 2. The highest BCUT2D eigenvalue weighted by Gasteiger charge is 2.02. The van der Waals surface area contributed by atoms with Crippen LogP contribution in [0.25, 0.3) is 11.1 Å². The van der Waals surface area contributed by atoms with Crippen molar-refractivity contribution >= 4 is 0 Å². The Balaban J connectivity index is 2.09. The van der Waals surface area contributed by atoms with Crippen LogP contribution in [0.4, 0.5) is 4.39 Å². The van der Waals surface area contributed by atoms with Gasteiger partial charge in [0.05, 0.1) is 5.83 Å². The van der Waals surface area contributed by atoms with Crippen molar-refractivity contribution in [2.45, 2.75) is 13.2 Å². The SMILES string of the molecule is C/C(F)=C\C(N)Oc1ccc(-c2ccccc2)cc1. The van der Waals surface area contributed by atoms with Crippen molar-refractivity contribution in [1.29, 1.82) is 0 Å². The van der Waals surface area contributed by atoms with Crippen molar-refractivity contribution in [3.8, 4) is 16.9 Å². The van der Waals surface area contributed by atoms with Crippen LogP contribution >= 0.6 is 0 Å². The van der Waals surface area contributed by atoms with Gasteiger partial charge in [-0.1, -0.05) is 42.5 Å². The van der Waals surface area contributed by atoms with Gasteiger partial charge in [-0.25, -0.2) is 4.39 Å². The average Bonchev–Trinajstić information content (AvgIpc) is 2.39. The van der Waals surface area contributed by atoms with Crippen molar-refractivity contribution in [3.05, 3.63) is 66.5 Å². The molecule has 0 fully saturated rings. The van der Waals surface area contributed by atoms with Gasteiger partial charge in [-0.3, -0.25) is 5.73 Å². The fourth-order valence-corrected chi connectivity index (χ4v) is 1.77. The molecule has 0 aromatic heterocycles. The van der Waals surface area contributed by atoms with Crippen LogP contribution in [0.3, 0.4) is 0 Å². The molecule has 0 saturated carbocycles. The second-order valence-electron chi connectivity index (χ2n) is 4.23. The lowest BCUT2D eigenvalue weighted by atomic mass is 10.1. The molecule has 0 aliphatic carbocycles. The predicted molar refractivity (Wildman–Crippen MR) is 75.3 cm³/mol. The summed E-state index contributed by atoms with van der Waals surface area (Å²) in [6, 6.07) is 17.6. The molecule has 2 aromatic carbocycles. The maximum atomic E-state index is 12.6. The van der Waals surface area contributed by atoms with Crippen molar-refractivity contribution in [2.24, 2.45) is 5.73 Å². The van der Waals surface area contributed by atoms with Crippen molar-refractivity contribution in [1.82, 2.24) is 0 Å². The van der Waals surface area contributed by atoms with E-state index >= 15 is 0 Å². The first-order chi connectivity index (χ1) is 9.15. The summed E-state index contributed by atoms with van der Waals surface area (Å²) >= 11 is 0. The van der Waals surface area contributed by atoms with E-state index in [0.717, 1.165) is 11.1 Å². The van der Waals surface area contributed by atoms with Crippen molar-refractivity contribution < 1.29 is 9.13 Å². The predicted octanol–water partition coefficient (Wildman–Crippen LogP) is 3.89. The Bertz CT molecular complexity index is 545. The van der Waals surface area contributed by atoms with Crippen molar-refractivity contribution in [3.63, 3.8) is 0 Å². The molecule has 0 saturated heterocycles. The highest BCUT2D eigenvalue weighted by atomic mass is 19.1. The molecule has 2 rings (SSSR count). The van der Waals surface area contributed by atoms with E-state index in [2.05, 4.69) is 0 Å². The number of allylic oxidation sites excluding steroid dienone is 1. The monoisotopic (exact) mass is 257 g/mol. The molecule has 1 atom stereocenters. The highest BCUT2D eigenvalue weighted by molar-refractivity contribution is 5.63. The van der Waals surface area contributed by atoms with E-state index in [1.54, 1.807) is 0 Å². The summed E-state index contributed by atoms with van der Waals surface area (Å²) in [6.07, 6.45) is 0.457. The quantitative estimate of drug-likeness (QED) is 0.843. The van der Waals surface area contributed by atoms with Gasteiger partial charge >= 0.3 is 0 Å². The molecular formula is C16H16FNO. The molecule has 0 heterocycles. The van der Waals surface area contributed by atoms with Gasteiger partial charge in [0, 0.05) is 6.08 Å². The molecule has 0 radical (unpaired) electrons. The maximum Gasteiger partial charge on any atom is 0.169 e. The Morgan fingerprint density at radius 1 is 1.05 bits per heavy atom. The molecule has 0 aliphatic heterocycles. The molecule has 98 valence electrons. The average molecular weight is 257 g/mol. The van der Waals surface area contributed by atoms with Gasteiger partial charge in [0.25, 0.3) is 0 Å². The van der Waals surface area contributed by atoms with E-state index in [1.807, 2.05) is 54.6 Å². The third-order valence-corrected chi connectivity index (χ3v) is 2.63. The lowest BCUT2D eigenvalue weighted by Crippen LogP contribution is -2.24. The minimum absolute atomic E-state index is 0.353. The van der Waals surface area contributed by atoms with Crippen LogP contribution < -0.4 is 10.5 Å². The normalized spacial score (nSPS) is 13.1. The molecule has 3 heteroatoms. The van der Waals surface area contributed by atoms with Gasteiger partial charge in [0.15, 0.2) is 6.23 Å². The molecule has 0 bridgehead atoms. The van der Waals surface area contributed by atoms with E-state index in [-0.39, 0.29) is 5.83 Å². The Morgan fingerprint density at radius 3 is 2.21 bits per heavy atom. The molecule has 2 aromatic rings. The van der Waals surface area contributed by atoms with Crippen LogP contribution in [0.15, 0.2) is 66.5 Å². The van der Waals surface area contributed by atoms with E-state index in [9.17, 15) is 4.39 Å². The third kappa shape index (κ3) is 3.93. The zero-order valence-corrected chi connectivity index (χ0v) is 10.7. The smallest absolute Gasteiger partial charge is 0.169 e. The van der Waals surface area contributed by atoms with Crippen LogP contribution in [-0.2, 0) is 0 Å². The standard InChI is InChI=1S/C16H16FNO/c1-12(17)11-16(18)19-15-9-7-14(8-10-15)13-5-3-2-4-6-13/h2-11,16H,18H2,1H3/b12-11+. The Kier molecular flexibility index (Phi) is 4.31. The van der Waals surface area contributed by atoms with Crippen LogP contribution in [0, 0.1) is 0 Å². The summed E-state index contributed by atoms with van der Waals surface area (Å²) in [5.74, 6) is 0.262. The van der Waals surface area contributed by atoms with Gasteiger partial charge < -0.3 is 4.74 Å². The van der Waals surface area contributed by atoms with Crippen LogP contribution in [-0.4, -0.2) is 6.23 Å². The third-order valence-electron chi connectivity index (χ3n) is 2.63. The van der Waals surface area contributed by atoms with E-state index in [1.165, 1.54) is 13.0 Å². The molecule has 0 spiro atoms. The summed E-state index contributed by atoms with van der Waals surface area (Å²) in [5.41, 5.74) is 7.85. The molecule has 1 unspecified atom stereocenters. The van der Waals surface area contributed by atoms with Crippen LogP contribution in [0.1, 0.15) is 6.92 Å². The summed E-state index contributed by atoms with van der Waals surface area (Å²) in [5, 5.41) is 0. The summed E-state index contributed by atoms with van der Waals surface area (Å²) in [7, 11) is 0. The maximum absolute atomic E-state index is 12.6.